The first-order valence-electron chi connectivity index (χ1n) is 9.25. The van der Waals surface area contributed by atoms with Crippen LogP contribution in [0.3, 0.4) is 0 Å². The van der Waals surface area contributed by atoms with Crippen LogP contribution in [0.15, 0.2) is 35.8 Å². The predicted octanol–water partition coefficient (Wildman–Crippen LogP) is 4.49. The zero-order valence-electron chi connectivity index (χ0n) is 15.2. The SMILES string of the molecule is CCOC(=O)[C@H]1CCCN(Cc2c(-c3ccc(Cl)cc3)nc3sccn23)C1. The topological polar surface area (TPSA) is 46.8 Å². The van der Waals surface area contributed by atoms with Gasteiger partial charge in [-0.2, -0.15) is 0 Å². The third-order valence-corrected chi connectivity index (χ3v) is 5.99. The molecule has 142 valence electrons. The number of nitrogens with zero attached hydrogens (tertiary/aromatic N) is 3. The molecule has 27 heavy (non-hydrogen) atoms. The molecule has 1 aliphatic heterocycles. The quantitative estimate of drug-likeness (QED) is 0.589. The van der Waals surface area contributed by atoms with Crippen molar-refractivity contribution in [3.8, 4) is 11.3 Å². The lowest BCUT2D eigenvalue weighted by atomic mass is 9.98. The van der Waals surface area contributed by atoms with Crippen molar-refractivity contribution in [3.05, 3.63) is 46.6 Å². The maximum atomic E-state index is 12.2. The second-order valence-electron chi connectivity index (χ2n) is 6.80. The number of ether oxygens (including phenoxy) is 1. The first-order valence-corrected chi connectivity index (χ1v) is 10.5. The summed E-state index contributed by atoms with van der Waals surface area (Å²) >= 11 is 7.68. The number of esters is 1. The van der Waals surface area contributed by atoms with Gasteiger partial charge in [0.2, 0.25) is 0 Å². The lowest BCUT2D eigenvalue weighted by Crippen LogP contribution is -2.39. The third-order valence-electron chi connectivity index (χ3n) is 4.98. The van der Waals surface area contributed by atoms with Crippen molar-refractivity contribution in [2.75, 3.05) is 19.7 Å². The summed E-state index contributed by atoms with van der Waals surface area (Å²) in [6, 6.07) is 7.81. The molecule has 7 heteroatoms. The molecule has 0 bridgehead atoms. The lowest BCUT2D eigenvalue weighted by molar-refractivity contribution is -0.150. The van der Waals surface area contributed by atoms with Crippen molar-refractivity contribution in [1.82, 2.24) is 14.3 Å². The molecule has 0 aliphatic carbocycles. The van der Waals surface area contributed by atoms with Gasteiger partial charge in [0.05, 0.1) is 23.9 Å². The van der Waals surface area contributed by atoms with Gasteiger partial charge in [-0.25, -0.2) is 4.98 Å². The average Bonchev–Trinajstić information content (AvgIpc) is 3.26. The van der Waals surface area contributed by atoms with E-state index in [2.05, 4.69) is 20.9 Å². The number of thiazole rings is 1. The van der Waals surface area contributed by atoms with E-state index in [9.17, 15) is 4.79 Å². The Hall–Kier alpha value is -1.89. The van der Waals surface area contributed by atoms with E-state index in [1.165, 1.54) is 0 Å². The molecule has 0 unspecified atom stereocenters. The summed E-state index contributed by atoms with van der Waals surface area (Å²) in [5.41, 5.74) is 3.19. The minimum atomic E-state index is -0.0749. The zero-order valence-corrected chi connectivity index (χ0v) is 16.8. The largest absolute Gasteiger partial charge is 0.466 e. The van der Waals surface area contributed by atoms with Crippen LogP contribution in [0.25, 0.3) is 16.2 Å². The molecule has 5 nitrogen and oxygen atoms in total. The molecule has 1 atom stereocenters. The average molecular weight is 404 g/mol. The smallest absolute Gasteiger partial charge is 0.310 e. The summed E-state index contributed by atoms with van der Waals surface area (Å²) in [4.78, 5) is 20.3. The van der Waals surface area contributed by atoms with Gasteiger partial charge < -0.3 is 4.74 Å². The van der Waals surface area contributed by atoms with Gasteiger partial charge in [0.25, 0.3) is 0 Å². The molecule has 3 aromatic rings. The zero-order chi connectivity index (χ0) is 18.8. The van der Waals surface area contributed by atoms with Crippen molar-refractivity contribution >= 4 is 33.9 Å². The highest BCUT2D eigenvalue weighted by molar-refractivity contribution is 7.15. The highest BCUT2D eigenvalue weighted by Crippen LogP contribution is 2.30. The number of hydrogen-bond donors (Lipinski definition) is 0. The normalized spacial score (nSPS) is 18.1. The molecule has 4 rings (SSSR count). The first kappa shape index (κ1) is 18.5. The van der Waals surface area contributed by atoms with Crippen LogP contribution < -0.4 is 0 Å². The van der Waals surface area contributed by atoms with E-state index in [0.29, 0.717) is 6.61 Å². The standard InChI is InChI=1S/C20H22ClN3O2S/c1-2-26-19(25)15-4-3-9-23(12-15)13-17-18(14-5-7-16(21)8-6-14)22-20-24(17)10-11-27-20/h5-8,10-11,15H,2-4,9,12-13H2,1H3/t15-/m0/s1. The Morgan fingerprint density at radius 1 is 1.37 bits per heavy atom. The highest BCUT2D eigenvalue weighted by atomic mass is 35.5. The van der Waals surface area contributed by atoms with E-state index in [1.807, 2.05) is 31.2 Å². The fraction of sp³-hybridized carbons (Fsp3) is 0.400. The summed E-state index contributed by atoms with van der Waals surface area (Å²) in [6.07, 6.45) is 3.97. The van der Waals surface area contributed by atoms with Crippen molar-refractivity contribution in [2.24, 2.45) is 5.92 Å². The number of hydrogen-bond acceptors (Lipinski definition) is 5. The fourth-order valence-corrected chi connectivity index (χ4v) is 4.54. The van der Waals surface area contributed by atoms with E-state index < -0.39 is 0 Å². The van der Waals surface area contributed by atoms with Crippen LogP contribution in [0.4, 0.5) is 0 Å². The van der Waals surface area contributed by atoms with E-state index in [1.54, 1.807) is 11.3 Å². The van der Waals surface area contributed by atoms with Crippen LogP contribution in [0.2, 0.25) is 5.02 Å². The third kappa shape index (κ3) is 3.88. The molecular weight excluding hydrogens is 382 g/mol. The molecule has 0 saturated carbocycles. The molecule has 0 spiro atoms. The van der Waals surface area contributed by atoms with Crippen molar-refractivity contribution in [3.63, 3.8) is 0 Å². The van der Waals surface area contributed by atoms with E-state index in [4.69, 9.17) is 21.3 Å². The van der Waals surface area contributed by atoms with Crippen LogP contribution in [-0.2, 0) is 16.1 Å². The van der Waals surface area contributed by atoms with E-state index >= 15 is 0 Å². The Morgan fingerprint density at radius 3 is 2.96 bits per heavy atom. The number of benzene rings is 1. The number of fused-ring (bicyclic) bond motifs is 1. The number of aromatic nitrogens is 2. The Labute approximate surface area is 167 Å². The van der Waals surface area contributed by atoms with Gasteiger partial charge in [-0.05, 0) is 38.4 Å². The minimum absolute atomic E-state index is 0.0384. The molecule has 0 amide bonds. The van der Waals surface area contributed by atoms with Gasteiger partial charge in [-0.3, -0.25) is 14.1 Å². The fourth-order valence-electron chi connectivity index (χ4n) is 3.69. The number of carbonyl (C=O) groups excluding carboxylic acids is 1. The Balaban J connectivity index is 1.61. The monoisotopic (exact) mass is 403 g/mol. The molecule has 0 N–H and O–H groups in total. The van der Waals surface area contributed by atoms with Gasteiger partial charge in [0, 0.05) is 35.3 Å². The molecular formula is C20H22ClN3O2S. The Bertz CT molecular complexity index is 935. The number of piperidine rings is 1. The second kappa shape index (κ2) is 8.00. The first-order chi connectivity index (χ1) is 13.2. The molecule has 1 saturated heterocycles. The molecule has 3 heterocycles. The van der Waals surface area contributed by atoms with Gasteiger partial charge in [0.1, 0.15) is 0 Å². The Kier molecular flexibility index (Phi) is 5.48. The molecule has 2 aromatic heterocycles. The molecule has 0 radical (unpaired) electrons. The number of imidazole rings is 1. The van der Waals surface area contributed by atoms with Crippen LogP contribution in [0, 0.1) is 5.92 Å². The summed E-state index contributed by atoms with van der Waals surface area (Å²) in [5, 5.41) is 2.77. The second-order valence-corrected chi connectivity index (χ2v) is 8.11. The summed E-state index contributed by atoms with van der Waals surface area (Å²) < 4.78 is 7.39. The van der Waals surface area contributed by atoms with Crippen LogP contribution in [-0.4, -0.2) is 40.0 Å². The van der Waals surface area contributed by atoms with Crippen molar-refractivity contribution in [2.45, 2.75) is 26.3 Å². The van der Waals surface area contributed by atoms with Crippen molar-refractivity contribution in [1.29, 1.82) is 0 Å². The summed E-state index contributed by atoms with van der Waals surface area (Å²) in [5.74, 6) is -0.113. The maximum Gasteiger partial charge on any atom is 0.310 e. The Morgan fingerprint density at radius 2 is 2.19 bits per heavy atom. The highest BCUT2D eigenvalue weighted by Gasteiger charge is 2.28. The number of halogens is 1. The minimum Gasteiger partial charge on any atom is -0.466 e. The van der Waals surface area contributed by atoms with Crippen LogP contribution in [0.5, 0.6) is 0 Å². The van der Waals surface area contributed by atoms with E-state index in [-0.39, 0.29) is 11.9 Å². The van der Waals surface area contributed by atoms with E-state index in [0.717, 1.165) is 59.4 Å². The van der Waals surface area contributed by atoms with Gasteiger partial charge in [-0.15, -0.1) is 11.3 Å². The number of rotatable bonds is 5. The number of likely N-dealkylation sites (tertiary alicyclic amines) is 1. The lowest BCUT2D eigenvalue weighted by Gasteiger charge is -2.31. The summed E-state index contributed by atoms with van der Waals surface area (Å²) in [6.45, 7) is 4.76. The van der Waals surface area contributed by atoms with Gasteiger partial charge in [-0.1, -0.05) is 23.7 Å². The maximum absolute atomic E-state index is 12.2. The van der Waals surface area contributed by atoms with Crippen LogP contribution in [0.1, 0.15) is 25.5 Å². The van der Waals surface area contributed by atoms with Crippen LogP contribution >= 0.6 is 22.9 Å². The number of carbonyl (C=O) groups is 1. The summed E-state index contributed by atoms with van der Waals surface area (Å²) in [7, 11) is 0. The van der Waals surface area contributed by atoms with Crippen molar-refractivity contribution < 1.29 is 9.53 Å². The molecule has 1 aliphatic rings. The molecule has 1 aromatic carbocycles. The predicted molar refractivity (Wildman–Crippen MR) is 108 cm³/mol. The molecule has 1 fully saturated rings. The van der Waals surface area contributed by atoms with Gasteiger partial charge >= 0.3 is 5.97 Å². The van der Waals surface area contributed by atoms with Gasteiger partial charge in [0.15, 0.2) is 4.96 Å².